The van der Waals surface area contributed by atoms with Crippen LogP contribution in [0.3, 0.4) is 0 Å². The first-order chi connectivity index (χ1) is 13.6. The normalized spacial score (nSPS) is 25.5. The van der Waals surface area contributed by atoms with Crippen LogP contribution in [-0.2, 0) is 4.79 Å². The Hall–Kier alpha value is -2.42. The Labute approximate surface area is 172 Å². The molecule has 7 nitrogen and oxygen atoms in total. The van der Waals surface area contributed by atoms with E-state index in [9.17, 15) is 13.6 Å². The summed E-state index contributed by atoms with van der Waals surface area (Å²) in [6.07, 6.45) is 5.65. The number of hydrogen-bond donors (Lipinski definition) is 3. The van der Waals surface area contributed by atoms with Crippen molar-refractivity contribution in [1.82, 2.24) is 25.5 Å². The van der Waals surface area contributed by atoms with E-state index in [1.165, 1.54) is 4.90 Å². The van der Waals surface area contributed by atoms with E-state index in [0.717, 1.165) is 10.6 Å². The molecule has 0 radical (unpaired) electrons. The average molecular weight is 425 g/mol. The molecule has 2 atom stereocenters. The Balaban J connectivity index is 1.49. The fourth-order valence-electron chi connectivity index (χ4n) is 3.90. The highest BCUT2D eigenvalue weighted by atomic mass is 35.5. The smallest absolute Gasteiger partial charge is 0.267 e. The minimum absolute atomic E-state index is 0.0302. The second-order valence-corrected chi connectivity index (χ2v) is 8.65. The molecular formula is C19H23ClF2N6O. The van der Waals surface area contributed by atoms with Crippen molar-refractivity contribution in [2.45, 2.75) is 44.3 Å². The van der Waals surface area contributed by atoms with Crippen molar-refractivity contribution < 1.29 is 13.6 Å². The molecule has 3 aliphatic rings. The number of nitrogens with zero attached hydrogens (tertiary/aromatic N) is 3. The molecule has 0 aliphatic carbocycles. The number of carbonyl (C=O) groups is 1. The number of amides is 1. The van der Waals surface area contributed by atoms with Crippen molar-refractivity contribution >= 4 is 28.9 Å². The average Bonchev–Trinajstić information content (AvgIpc) is 3.23. The van der Waals surface area contributed by atoms with Gasteiger partial charge in [0, 0.05) is 48.1 Å². The molecule has 3 aliphatic heterocycles. The van der Waals surface area contributed by atoms with Crippen molar-refractivity contribution in [1.29, 1.82) is 0 Å². The van der Waals surface area contributed by atoms with Gasteiger partial charge < -0.3 is 20.9 Å². The zero-order valence-corrected chi connectivity index (χ0v) is 16.9. The van der Waals surface area contributed by atoms with Crippen LogP contribution in [0.15, 0.2) is 29.7 Å². The van der Waals surface area contributed by atoms with Gasteiger partial charge >= 0.3 is 0 Å². The first-order valence-electron chi connectivity index (χ1n) is 9.50. The van der Waals surface area contributed by atoms with Gasteiger partial charge in [0.2, 0.25) is 5.91 Å². The van der Waals surface area contributed by atoms with Crippen LogP contribution in [-0.4, -0.2) is 51.5 Å². The first kappa shape index (κ1) is 19.9. The van der Waals surface area contributed by atoms with Crippen molar-refractivity contribution in [2.75, 3.05) is 18.4 Å². The highest BCUT2D eigenvalue weighted by Gasteiger charge is 2.44. The molecule has 0 aromatic carbocycles. The van der Waals surface area contributed by atoms with E-state index in [4.69, 9.17) is 11.6 Å². The highest BCUT2D eigenvalue weighted by Crippen LogP contribution is 2.36. The Morgan fingerprint density at radius 1 is 1.38 bits per heavy atom. The fraction of sp³-hybridized carbons (Fsp3) is 0.526. The summed E-state index contributed by atoms with van der Waals surface area (Å²) < 4.78 is 27.0. The summed E-state index contributed by atoms with van der Waals surface area (Å²) in [5.74, 6) is -2.14. The van der Waals surface area contributed by atoms with Crippen LogP contribution in [0.4, 0.5) is 14.6 Å². The molecule has 10 heteroatoms. The largest absolute Gasteiger partial charge is 0.370 e. The fourth-order valence-corrected chi connectivity index (χ4v) is 4.13. The van der Waals surface area contributed by atoms with Crippen LogP contribution in [0.2, 0.25) is 0 Å². The van der Waals surface area contributed by atoms with Crippen LogP contribution < -0.4 is 16.0 Å². The zero-order valence-electron chi connectivity index (χ0n) is 16.2. The van der Waals surface area contributed by atoms with Crippen molar-refractivity contribution in [3.05, 3.63) is 35.5 Å². The van der Waals surface area contributed by atoms with Gasteiger partial charge in [-0.25, -0.2) is 18.7 Å². The number of fused-ring (bicyclic) bond motifs is 1. The number of aromatic nitrogens is 2. The predicted octanol–water partition coefficient (Wildman–Crippen LogP) is 2.49. The van der Waals surface area contributed by atoms with E-state index < -0.39 is 18.0 Å². The standard InChI is InChI=1S/C19H23ClF2N6O/c1-18(2,17(29)28-6-4-19(21,22)10-28)27-14-3-5-23-16(26-14)13-9-25-15-12(13)7-11(20)8-24-15/h3,5,8-9,12,15,24-25H,4,6-7,10H2,1-2H3,(H,23,26,27). The third-order valence-corrected chi connectivity index (χ3v) is 5.66. The van der Waals surface area contributed by atoms with E-state index in [0.29, 0.717) is 18.1 Å². The maximum atomic E-state index is 13.5. The maximum Gasteiger partial charge on any atom is 0.267 e. The van der Waals surface area contributed by atoms with E-state index in [-0.39, 0.29) is 31.0 Å². The number of likely N-dealkylation sites (tertiary alicyclic amines) is 1. The highest BCUT2D eigenvalue weighted by molar-refractivity contribution is 6.29. The quantitative estimate of drug-likeness (QED) is 0.689. The lowest BCUT2D eigenvalue weighted by atomic mass is 9.93. The molecule has 4 rings (SSSR count). The van der Waals surface area contributed by atoms with Gasteiger partial charge in [-0.1, -0.05) is 11.6 Å². The lowest BCUT2D eigenvalue weighted by molar-refractivity contribution is -0.135. The lowest BCUT2D eigenvalue weighted by Gasteiger charge is -2.30. The second-order valence-electron chi connectivity index (χ2n) is 8.16. The summed E-state index contributed by atoms with van der Waals surface area (Å²) in [6.45, 7) is 2.83. The monoisotopic (exact) mass is 424 g/mol. The van der Waals surface area contributed by atoms with Gasteiger partial charge in [-0.05, 0) is 26.3 Å². The molecule has 156 valence electrons. The second kappa shape index (κ2) is 7.12. The summed E-state index contributed by atoms with van der Waals surface area (Å²) in [7, 11) is 0. The van der Waals surface area contributed by atoms with Gasteiger partial charge in [0.05, 0.1) is 6.54 Å². The summed E-state index contributed by atoms with van der Waals surface area (Å²) >= 11 is 6.17. The minimum Gasteiger partial charge on any atom is -0.370 e. The number of allylic oxidation sites excluding steroid dienone is 1. The molecule has 0 bridgehead atoms. The van der Waals surface area contributed by atoms with Gasteiger partial charge in [-0.3, -0.25) is 4.79 Å². The summed E-state index contributed by atoms with van der Waals surface area (Å²) in [6, 6.07) is 1.66. The summed E-state index contributed by atoms with van der Waals surface area (Å²) in [5, 5.41) is 10.3. The molecule has 0 spiro atoms. The van der Waals surface area contributed by atoms with Crippen LogP contribution in [0.25, 0.3) is 5.57 Å². The molecule has 29 heavy (non-hydrogen) atoms. The molecule has 2 unspecified atom stereocenters. The van der Waals surface area contributed by atoms with Crippen LogP contribution in [0.1, 0.15) is 32.5 Å². The number of anilines is 1. The first-order valence-corrected chi connectivity index (χ1v) is 9.88. The van der Waals surface area contributed by atoms with Crippen LogP contribution in [0.5, 0.6) is 0 Å². The third-order valence-electron chi connectivity index (χ3n) is 5.40. The Morgan fingerprint density at radius 2 is 2.14 bits per heavy atom. The number of hydrogen-bond acceptors (Lipinski definition) is 6. The summed E-state index contributed by atoms with van der Waals surface area (Å²) in [4.78, 5) is 22.9. The van der Waals surface area contributed by atoms with Crippen molar-refractivity contribution in [3.63, 3.8) is 0 Å². The topological polar surface area (TPSA) is 82.2 Å². The van der Waals surface area contributed by atoms with Gasteiger partial charge in [0.15, 0.2) is 5.82 Å². The molecule has 1 fully saturated rings. The Bertz CT molecular complexity index is 887. The summed E-state index contributed by atoms with van der Waals surface area (Å²) in [5.41, 5.74) is -0.171. The van der Waals surface area contributed by atoms with Gasteiger partial charge in [-0.15, -0.1) is 0 Å². The van der Waals surface area contributed by atoms with E-state index in [1.54, 1.807) is 32.3 Å². The molecule has 1 amide bonds. The van der Waals surface area contributed by atoms with Gasteiger partial charge in [0.25, 0.3) is 5.92 Å². The maximum absolute atomic E-state index is 13.5. The molecular weight excluding hydrogens is 402 g/mol. The Morgan fingerprint density at radius 3 is 2.86 bits per heavy atom. The number of carbonyl (C=O) groups excluding carboxylic acids is 1. The van der Waals surface area contributed by atoms with Crippen molar-refractivity contribution in [3.8, 4) is 0 Å². The third kappa shape index (κ3) is 4.01. The molecule has 3 N–H and O–H groups in total. The molecule has 1 aromatic heterocycles. The Kier molecular flexibility index (Phi) is 4.88. The molecule has 0 saturated carbocycles. The number of halogens is 3. The van der Waals surface area contributed by atoms with Crippen LogP contribution >= 0.6 is 11.6 Å². The van der Waals surface area contributed by atoms with Gasteiger partial charge in [-0.2, -0.15) is 0 Å². The lowest BCUT2D eigenvalue weighted by Crippen LogP contribution is -2.50. The predicted molar refractivity (Wildman–Crippen MR) is 106 cm³/mol. The number of nitrogens with one attached hydrogen (secondary N) is 3. The SMILES string of the molecule is CC(C)(Nc1ccnc(C2=CNC3NC=C(Cl)CC23)n1)C(=O)N1CCC(F)(F)C1. The molecule has 1 aromatic rings. The van der Waals surface area contributed by atoms with E-state index in [2.05, 4.69) is 25.9 Å². The number of rotatable bonds is 4. The van der Waals surface area contributed by atoms with E-state index >= 15 is 0 Å². The molecule has 1 saturated heterocycles. The van der Waals surface area contributed by atoms with Gasteiger partial charge in [0.1, 0.15) is 17.5 Å². The number of alkyl halides is 2. The van der Waals surface area contributed by atoms with Crippen LogP contribution in [0, 0.1) is 5.92 Å². The minimum atomic E-state index is -2.82. The van der Waals surface area contributed by atoms with E-state index in [1.807, 2.05) is 6.20 Å². The molecule has 4 heterocycles. The zero-order chi connectivity index (χ0) is 20.8. The van der Waals surface area contributed by atoms with Crippen molar-refractivity contribution in [2.24, 2.45) is 5.92 Å².